The average molecular weight is 386 g/mol. The smallest absolute Gasteiger partial charge is 0.370 e. The Morgan fingerprint density at radius 2 is 1.71 bits per heavy atom. The van der Waals surface area contributed by atoms with Gasteiger partial charge in [-0.2, -0.15) is 0 Å². The normalized spacial score (nSPS) is 11.0. The van der Waals surface area contributed by atoms with Crippen molar-refractivity contribution in [2.45, 2.75) is 26.4 Å². The largest absolute Gasteiger partial charge is 0.497 e. The molecule has 0 aliphatic heterocycles. The highest BCUT2D eigenvalue weighted by Crippen LogP contribution is 2.29. The fraction of sp³-hybridized carbons (Fsp3) is 0.318. The molecule has 0 aliphatic carbocycles. The zero-order chi connectivity index (χ0) is 20.4. The van der Waals surface area contributed by atoms with Gasteiger partial charge < -0.3 is 24.1 Å². The third-order valence-corrected chi connectivity index (χ3v) is 4.05. The van der Waals surface area contributed by atoms with Gasteiger partial charge in [-0.25, -0.2) is 4.79 Å². The van der Waals surface area contributed by atoms with Crippen molar-refractivity contribution in [3.8, 4) is 17.2 Å². The van der Waals surface area contributed by atoms with Crippen molar-refractivity contribution in [3.63, 3.8) is 0 Å². The molecule has 2 aromatic carbocycles. The summed E-state index contributed by atoms with van der Waals surface area (Å²) in [6, 6.07) is 13.4. The Balaban J connectivity index is 1.98. The van der Waals surface area contributed by atoms with Crippen LogP contribution in [-0.2, 0) is 22.6 Å². The lowest BCUT2D eigenvalue weighted by atomic mass is 10.1. The third-order valence-electron chi connectivity index (χ3n) is 4.05. The van der Waals surface area contributed by atoms with E-state index < -0.39 is 5.97 Å². The van der Waals surface area contributed by atoms with E-state index in [0.717, 1.165) is 16.9 Å². The molecule has 28 heavy (non-hydrogen) atoms. The van der Waals surface area contributed by atoms with Gasteiger partial charge in [-0.1, -0.05) is 18.2 Å². The van der Waals surface area contributed by atoms with E-state index in [9.17, 15) is 4.79 Å². The Kier molecular flexibility index (Phi) is 8.21. The van der Waals surface area contributed by atoms with Gasteiger partial charge in [-0.05, 0) is 61.2 Å². The van der Waals surface area contributed by atoms with E-state index in [4.69, 9.17) is 24.1 Å². The number of aryl methyl sites for hydroxylation is 1. The Bertz CT molecular complexity index is 795. The minimum Gasteiger partial charge on any atom is -0.497 e. The van der Waals surface area contributed by atoms with Crippen molar-refractivity contribution in [1.29, 1.82) is 0 Å². The molecule has 0 radical (unpaired) electrons. The molecule has 0 aliphatic rings. The van der Waals surface area contributed by atoms with Gasteiger partial charge in [0.1, 0.15) is 12.4 Å². The number of benzene rings is 2. The summed E-state index contributed by atoms with van der Waals surface area (Å²) in [6.45, 7) is 2.50. The van der Waals surface area contributed by atoms with Crippen molar-refractivity contribution < 1.29 is 28.8 Å². The summed E-state index contributed by atoms with van der Waals surface area (Å²) in [5.74, 6) is 1.02. The molecule has 0 saturated heterocycles. The zero-order valence-corrected chi connectivity index (χ0v) is 16.4. The van der Waals surface area contributed by atoms with Crippen molar-refractivity contribution in [1.82, 2.24) is 0 Å². The van der Waals surface area contributed by atoms with Gasteiger partial charge in [-0.15, -0.1) is 0 Å². The monoisotopic (exact) mass is 386 g/mol. The third kappa shape index (κ3) is 6.23. The molecule has 0 bridgehead atoms. The van der Waals surface area contributed by atoms with Gasteiger partial charge >= 0.3 is 5.97 Å². The lowest BCUT2D eigenvalue weighted by Crippen LogP contribution is -2.05. The zero-order valence-electron chi connectivity index (χ0n) is 16.4. The van der Waals surface area contributed by atoms with Crippen LogP contribution in [0.25, 0.3) is 0 Å². The van der Waals surface area contributed by atoms with Gasteiger partial charge in [0.15, 0.2) is 17.3 Å². The van der Waals surface area contributed by atoms with Crippen LogP contribution in [0.5, 0.6) is 17.2 Å². The topological polar surface area (TPSA) is 74.2 Å². The Labute approximate surface area is 165 Å². The first kappa shape index (κ1) is 21.2. The number of carboxylic acids is 1. The van der Waals surface area contributed by atoms with E-state index in [1.807, 2.05) is 42.5 Å². The molecule has 1 N–H and O–H groups in total. The summed E-state index contributed by atoms with van der Waals surface area (Å²) in [4.78, 5) is 11.1. The number of ether oxygens (including phenoxy) is 4. The summed E-state index contributed by atoms with van der Waals surface area (Å²) >= 11 is 0. The molecule has 2 aromatic rings. The van der Waals surface area contributed by atoms with Crippen LogP contribution < -0.4 is 14.2 Å². The summed E-state index contributed by atoms with van der Waals surface area (Å²) in [7, 11) is 3.23. The van der Waals surface area contributed by atoms with Gasteiger partial charge in [0.2, 0.25) is 0 Å². The maximum absolute atomic E-state index is 11.1. The lowest BCUT2D eigenvalue weighted by Gasteiger charge is -2.12. The van der Waals surface area contributed by atoms with Crippen LogP contribution in [0.15, 0.2) is 54.3 Å². The number of allylic oxidation sites excluding steroid dienone is 1. The van der Waals surface area contributed by atoms with E-state index in [0.29, 0.717) is 37.6 Å². The van der Waals surface area contributed by atoms with Crippen molar-refractivity contribution in [2.24, 2.45) is 0 Å². The number of hydrogen-bond acceptors (Lipinski definition) is 5. The molecule has 0 amide bonds. The second-order valence-electron chi connectivity index (χ2n) is 5.97. The SMILES string of the molecule is CCO/C(=C\CCc1ccc(OCc2ccc(OC)cc2)c(OC)c1)C(=O)O. The number of rotatable bonds is 11. The molecular weight excluding hydrogens is 360 g/mol. The first-order chi connectivity index (χ1) is 13.6. The van der Waals surface area contributed by atoms with Crippen LogP contribution in [0, 0.1) is 0 Å². The standard InChI is InChI=1S/C22H26O6/c1-4-27-20(22(23)24)7-5-6-16-10-13-19(21(14-16)26-3)28-15-17-8-11-18(25-2)12-9-17/h7-14H,4-6,15H2,1-3H3,(H,23,24)/b20-7-. The van der Waals surface area contributed by atoms with Gasteiger partial charge in [0.25, 0.3) is 0 Å². The number of aliphatic carboxylic acids is 1. The molecule has 150 valence electrons. The fourth-order valence-electron chi connectivity index (χ4n) is 2.60. The van der Waals surface area contributed by atoms with Crippen LogP contribution in [-0.4, -0.2) is 31.9 Å². The van der Waals surface area contributed by atoms with Crippen molar-refractivity contribution in [3.05, 3.63) is 65.4 Å². The van der Waals surface area contributed by atoms with Crippen LogP contribution >= 0.6 is 0 Å². The minimum atomic E-state index is -1.05. The lowest BCUT2D eigenvalue weighted by molar-refractivity contribution is -0.136. The Morgan fingerprint density at radius 1 is 1.00 bits per heavy atom. The molecule has 6 nitrogen and oxygen atoms in total. The maximum Gasteiger partial charge on any atom is 0.370 e. The first-order valence-corrected chi connectivity index (χ1v) is 9.06. The van der Waals surface area contributed by atoms with E-state index in [2.05, 4.69) is 0 Å². The van der Waals surface area contributed by atoms with E-state index in [1.54, 1.807) is 27.2 Å². The second kappa shape index (κ2) is 10.9. The first-order valence-electron chi connectivity index (χ1n) is 9.06. The van der Waals surface area contributed by atoms with Crippen molar-refractivity contribution in [2.75, 3.05) is 20.8 Å². The van der Waals surface area contributed by atoms with Gasteiger partial charge in [0, 0.05) is 0 Å². The number of carboxylic acid groups (broad SMARTS) is 1. The Hall–Kier alpha value is -3.15. The number of hydrogen-bond donors (Lipinski definition) is 1. The molecule has 0 unspecified atom stereocenters. The van der Waals surface area contributed by atoms with Gasteiger partial charge in [0.05, 0.1) is 20.8 Å². The molecular formula is C22H26O6. The fourth-order valence-corrected chi connectivity index (χ4v) is 2.60. The van der Waals surface area contributed by atoms with E-state index in [-0.39, 0.29) is 5.76 Å². The molecule has 6 heteroatoms. The number of carbonyl (C=O) groups is 1. The molecule has 0 saturated carbocycles. The van der Waals surface area contributed by atoms with Crippen LogP contribution in [0.4, 0.5) is 0 Å². The highest BCUT2D eigenvalue weighted by molar-refractivity contribution is 5.84. The number of methoxy groups -OCH3 is 2. The highest BCUT2D eigenvalue weighted by atomic mass is 16.5. The van der Waals surface area contributed by atoms with Gasteiger partial charge in [-0.3, -0.25) is 0 Å². The van der Waals surface area contributed by atoms with E-state index >= 15 is 0 Å². The van der Waals surface area contributed by atoms with Crippen molar-refractivity contribution >= 4 is 5.97 Å². The maximum atomic E-state index is 11.1. The minimum absolute atomic E-state index is 0.0195. The molecule has 0 aromatic heterocycles. The van der Waals surface area contributed by atoms with E-state index in [1.165, 1.54) is 0 Å². The molecule has 0 fully saturated rings. The second-order valence-corrected chi connectivity index (χ2v) is 5.97. The summed E-state index contributed by atoms with van der Waals surface area (Å²) in [6.07, 6.45) is 2.81. The van der Waals surface area contributed by atoms with Crippen LogP contribution in [0.3, 0.4) is 0 Å². The molecule has 2 rings (SSSR count). The average Bonchev–Trinajstić information content (AvgIpc) is 2.72. The summed E-state index contributed by atoms with van der Waals surface area (Å²) in [5, 5.41) is 9.07. The summed E-state index contributed by atoms with van der Waals surface area (Å²) < 4.78 is 21.6. The predicted octanol–water partition coefficient (Wildman–Crippen LogP) is 4.22. The van der Waals surface area contributed by atoms with Crippen LogP contribution in [0.2, 0.25) is 0 Å². The molecule has 0 heterocycles. The summed E-state index contributed by atoms with van der Waals surface area (Å²) in [5.41, 5.74) is 2.04. The Morgan fingerprint density at radius 3 is 2.32 bits per heavy atom. The molecule has 0 spiro atoms. The quantitative estimate of drug-likeness (QED) is 0.460. The molecule has 0 atom stereocenters. The predicted molar refractivity (Wildman–Crippen MR) is 106 cm³/mol. The highest BCUT2D eigenvalue weighted by Gasteiger charge is 2.09. The van der Waals surface area contributed by atoms with Crippen LogP contribution in [0.1, 0.15) is 24.5 Å².